The number of aromatic nitrogens is 4. The van der Waals surface area contributed by atoms with E-state index in [9.17, 15) is 4.79 Å². The first-order chi connectivity index (χ1) is 18.2. The van der Waals surface area contributed by atoms with Crippen LogP contribution in [0.1, 0.15) is 6.92 Å². The summed E-state index contributed by atoms with van der Waals surface area (Å²) in [5, 5.41) is 8.29. The van der Waals surface area contributed by atoms with Crippen molar-refractivity contribution in [2.45, 2.75) is 6.92 Å². The Kier molecular flexibility index (Phi) is 6.64. The van der Waals surface area contributed by atoms with Crippen LogP contribution in [-0.4, -0.2) is 64.6 Å². The number of nitrogens with one attached hydrogen (secondary N) is 3. The van der Waals surface area contributed by atoms with Gasteiger partial charge in [0.1, 0.15) is 5.65 Å². The van der Waals surface area contributed by atoms with Crippen LogP contribution in [0.5, 0.6) is 0 Å². The highest BCUT2D eigenvalue weighted by atomic mass is 16.1. The van der Waals surface area contributed by atoms with Gasteiger partial charge in [-0.1, -0.05) is 18.2 Å². The molecule has 5 rings (SSSR count). The van der Waals surface area contributed by atoms with E-state index in [0.29, 0.717) is 23.0 Å². The molecule has 196 valence electrons. The van der Waals surface area contributed by atoms with Gasteiger partial charge in [0.25, 0.3) is 0 Å². The minimum Gasteiger partial charge on any atom is -0.397 e. The minimum atomic E-state index is -0.175. The highest BCUT2D eigenvalue weighted by Crippen LogP contribution is 2.37. The Balaban J connectivity index is 1.56. The van der Waals surface area contributed by atoms with Gasteiger partial charge >= 0.3 is 0 Å². The van der Waals surface area contributed by atoms with Crippen molar-refractivity contribution in [3.63, 3.8) is 0 Å². The summed E-state index contributed by atoms with van der Waals surface area (Å²) in [6.45, 7) is 3.08. The molecule has 0 saturated carbocycles. The highest BCUT2D eigenvalue weighted by molar-refractivity contribution is 6.03. The topological polar surface area (TPSA) is 120 Å². The quantitative estimate of drug-likeness (QED) is 0.228. The minimum absolute atomic E-state index is 0.175. The van der Waals surface area contributed by atoms with Gasteiger partial charge in [-0.15, -0.1) is 0 Å². The second kappa shape index (κ2) is 10.1. The van der Waals surface area contributed by atoms with Crippen molar-refractivity contribution >= 4 is 56.5 Å². The summed E-state index contributed by atoms with van der Waals surface area (Å²) in [4.78, 5) is 29.0. The fraction of sp³-hybridized carbons (Fsp3) is 0.250. The van der Waals surface area contributed by atoms with Crippen molar-refractivity contribution in [2.75, 3.05) is 55.5 Å². The Bertz CT molecular complexity index is 1630. The molecule has 0 radical (unpaired) electrons. The number of nitrogens with zero attached hydrogens (tertiary/aromatic N) is 5. The maximum Gasteiger partial charge on any atom is 0.229 e. The number of anilines is 5. The summed E-state index contributed by atoms with van der Waals surface area (Å²) >= 11 is 0. The lowest BCUT2D eigenvalue weighted by molar-refractivity contribution is -0.114. The van der Waals surface area contributed by atoms with E-state index in [4.69, 9.17) is 15.7 Å². The molecule has 0 fully saturated rings. The molecular weight excluding hydrogens is 478 g/mol. The molecule has 0 atom stereocenters. The Morgan fingerprint density at radius 2 is 1.87 bits per heavy atom. The number of hydrogen-bond acceptors (Lipinski definition) is 7. The zero-order valence-electron chi connectivity index (χ0n) is 22.3. The first-order valence-corrected chi connectivity index (χ1v) is 12.4. The molecule has 38 heavy (non-hydrogen) atoms. The Morgan fingerprint density at radius 1 is 1.08 bits per heavy atom. The Hall–Kier alpha value is -4.57. The average Bonchev–Trinajstić information content (AvgIpc) is 3.46. The van der Waals surface area contributed by atoms with Gasteiger partial charge in [0, 0.05) is 74.0 Å². The normalized spacial score (nSPS) is 11.4. The number of carbonyl (C=O) groups excluding carboxylic acids is 1. The predicted octanol–water partition coefficient (Wildman–Crippen LogP) is 4.40. The zero-order chi connectivity index (χ0) is 27.0. The van der Waals surface area contributed by atoms with Crippen LogP contribution in [0.4, 0.5) is 28.7 Å². The van der Waals surface area contributed by atoms with E-state index in [1.54, 1.807) is 0 Å². The van der Waals surface area contributed by atoms with Gasteiger partial charge in [0.2, 0.25) is 11.9 Å². The number of nitrogen functional groups attached to an aromatic ring is 1. The number of aromatic amines is 1. The lowest BCUT2D eigenvalue weighted by atomic mass is 10.1. The second-order valence-corrected chi connectivity index (χ2v) is 9.80. The Labute approximate surface area is 221 Å². The van der Waals surface area contributed by atoms with Crippen LogP contribution in [-0.2, 0) is 11.8 Å². The molecule has 0 unspecified atom stereocenters. The maximum atomic E-state index is 12.0. The number of para-hydroxylation sites is 1. The number of rotatable bonds is 8. The summed E-state index contributed by atoms with van der Waals surface area (Å²) in [7, 11) is 8.04. The summed E-state index contributed by atoms with van der Waals surface area (Å²) < 4.78 is 2.10. The number of aryl methyl sites for hydroxylation is 1. The van der Waals surface area contributed by atoms with Crippen LogP contribution in [0.25, 0.3) is 33.2 Å². The van der Waals surface area contributed by atoms with E-state index in [1.807, 2.05) is 69.6 Å². The largest absolute Gasteiger partial charge is 0.397 e. The number of amides is 1. The van der Waals surface area contributed by atoms with E-state index in [2.05, 4.69) is 43.4 Å². The van der Waals surface area contributed by atoms with Gasteiger partial charge in [-0.2, -0.15) is 4.98 Å². The van der Waals surface area contributed by atoms with Crippen LogP contribution in [0, 0.1) is 0 Å². The van der Waals surface area contributed by atoms with E-state index < -0.39 is 0 Å². The number of hydrogen-bond donors (Lipinski definition) is 4. The molecule has 0 aliphatic heterocycles. The van der Waals surface area contributed by atoms with Crippen molar-refractivity contribution in [3.05, 3.63) is 54.9 Å². The number of fused-ring (bicyclic) bond motifs is 2. The average molecular weight is 512 g/mol. The molecule has 3 heterocycles. The molecule has 1 amide bonds. The van der Waals surface area contributed by atoms with Crippen molar-refractivity contribution in [1.29, 1.82) is 0 Å². The van der Waals surface area contributed by atoms with Gasteiger partial charge in [0.05, 0.1) is 22.8 Å². The lowest BCUT2D eigenvalue weighted by Crippen LogP contribution is -2.29. The molecule has 0 saturated heterocycles. The molecule has 5 aromatic rings. The van der Waals surface area contributed by atoms with Crippen LogP contribution < -0.4 is 21.3 Å². The third-order valence-corrected chi connectivity index (χ3v) is 6.54. The van der Waals surface area contributed by atoms with Crippen LogP contribution in [0.3, 0.4) is 0 Å². The SMILES string of the molecule is CC(=O)Nc1cc(Nc2nc(-c3cn(C)c4ccccc34)c3cc[nH]c3n2)cc(N)c1N(C)CCN(C)C. The summed E-state index contributed by atoms with van der Waals surface area (Å²) in [5.41, 5.74) is 12.8. The lowest BCUT2D eigenvalue weighted by Gasteiger charge is -2.26. The van der Waals surface area contributed by atoms with E-state index >= 15 is 0 Å². The molecule has 0 aliphatic carbocycles. The van der Waals surface area contributed by atoms with Gasteiger partial charge in [0.15, 0.2) is 0 Å². The molecule has 0 aliphatic rings. The monoisotopic (exact) mass is 511 g/mol. The number of benzene rings is 2. The first-order valence-electron chi connectivity index (χ1n) is 12.4. The zero-order valence-corrected chi connectivity index (χ0v) is 22.3. The summed E-state index contributed by atoms with van der Waals surface area (Å²) in [6.07, 6.45) is 3.96. The van der Waals surface area contributed by atoms with Crippen molar-refractivity contribution in [2.24, 2.45) is 7.05 Å². The highest BCUT2D eigenvalue weighted by Gasteiger charge is 2.18. The Morgan fingerprint density at radius 3 is 2.63 bits per heavy atom. The predicted molar refractivity (Wildman–Crippen MR) is 156 cm³/mol. The van der Waals surface area contributed by atoms with Crippen molar-refractivity contribution in [3.8, 4) is 11.3 Å². The van der Waals surface area contributed by atoms with E-state index in [0.717, 1.165) is 52.0 Å². The van der Waals surface area contributed by atoms with Gasteiger partial charge in [-0.05, 0) is 38.4 Å². The summed E-state index contributed by atoms with van der Waals surface area (Å²) in [6, 6.07) is 13.9. The number of carbonyl (C=O) groups is 1. The fourth-order valence-corrected chi connectivity index (χ4v) is 4.76. The van der Waals surface area contributed by atoms with E-state index in [-0.39, 0.29) is 5.91 Å². The van der Waals surface area contributed by atoms with Crippen LogP contribution in [0.15, 0.2) is 54.9 Å². The third kappa shape index (κ3) is 4.85. The maximum absolute atomic E-state index is 12.0. The number of likely N-dealkylation sites (N-methyl/N-ethyl adjacent to an activating group) is 2. The number of nitrogens with two attached hydrogens (primary N) is 1. The van der Waals surface area contributed by atoms with Gasteiger partial charge < -0.3 is 35.7 Å². The van der Waals surface area contributed by atoms with Crippen LogP contribution >= 0.6 is 0 Å². The fourth-order valence-electron chi connectivity index (χ4n) is 4.76. The smallest absolute Gasteiger partial charge is 0.229 e. The van der Waals surface area contributed by atoms with Crippen LogP contribution in [0.2, 0.25) is 0 Å². The molecule has 10 heteroatoms. The molecule has 10 nitrogen and oxygen atoms in total. The first kappa shape index (κ1) is 25.1. The number of H-pyrrole nitrogens is 1. The van der Waals surface area contributed by atoms with E-state index in [1.165, 1.54) is 6.92 Å². The molecule has 0 bridgehead atoms. The van der Waals surface area contributed by atoms with Gasteiger partial charge in [-0.25, -0.2) is 4.98 Å². The summed E-state index contributed by atoms with van der Waals surface area (Å²) in [5.74, 6) is 0.246. The molecule has 0 spiro atoms. The van der Waals surface area contributed by atoms with Gasteiger partial charge in [-0.3, -0.25) is 4.79 Å². The molecular formula is C28H33N9O. The second-order valence-electron chi connectivity index (χ2n) is 9.80. The molecule has 3 aromatic heterocycles. The molecule has 2 aromatic carbocycles. The van der Waals surface area contributed by atoms with Crippen molar-refractivity contribution in [1.82, 2.24) is 24.4 Å². The standard InChI is InChI=1S/C28H33N9O/c1-17(38)31-23-15-18(14-22(29)26(23)36(4)13-12-35(2)3)32-28-33-25(20-10-11-30-27(20)34-28)21-16-37(5)24-9-7-6-8-19(21)24/h6-11,14-16H,12-13,29H2,1-5H3,(H,31,38)(H2,30,32,33,34). The third-order valence-electron chi connectivity index (χ3n) is 6.54. The molecule has 5 N–H and O–H groups in total. The van der Waals surface area contributed by atoms with Crippen molar-refractivity contribution < 1.29 is 4.79 Å².